The molecule has 0 aromatic heterocycles. The minimum atomic E-state index is 0.305. The lowest BCUT2D eigenvalue weighted by atomic mass is 10.0. The Morgan fingerprint density at radius 1 is 1.18 bits per heavy atom. The van der Waals surface area contributed by atoms with E-state index in [1.807, 2.05) is 13.8 Å². The van der Waals surface area contributed by atoms with Gasteiger partial charge in [-0.1, -0.05) is 37.6 Å². The molecule has 1 atom stereocenters. The van der Waals surface area contributed by atoms with E-state index in [1.54, 1.807) is 0 Å². The van der Waals surface area contributed by atoms with Gasteiger partial charge in [-0.3, -0.25) is 0 Å². The van der Waals surface area contributed by atoms with Crippen LogP contribution >= 0.6 is 11.6 Å². The maximum absolute atomic E-state index is 6.11. The summed E-state index contributed by atoms with van der Waals surface area (Å²) in [5.74, 6) is 0. The first-order valence-electron chi connectivity index (χ1n) is 6.52. The molecular formula is C15H26ClN. The van der Waals surface area contributed by atoms with Crippen LogP contribution in [0.3, 0.4) is 0 Å². The highest BCUT2D eigenvalue weighted by molar-refractivity contribution is 6.32. The Morgan fingerprint density at radius 2 is 1.65 bits per heavy atom. The van der Waals surface area contributed by atoms with Gasteiger partial charge in [-0.2, -0.15) is 0 Å². The number of hydrogen-bond acceptors (Lipinski definition) is 1. The SMILES string of the molecule is CC.Cc1cc(CCC[C@H](C)N)cc(C)c1Cl. The van der Waals surface area contributed by atoms with Crippen molar-refractivity contribution in [2.24, 2.45) is 5.73 Å². The Hall–Kier alpha value is -0.530. The third kappa shape index (κ3) is 6.09. The molecule has 0 unspecified atom stereocenters. The predicted molar refractivity (Wildman–Crippen MR) is 78.9 cm³/mol. The lowest BCUT2D eigenvalue weighted by molar-refractivity contribution is 0.624. The maximum Gasteiger partial charge on any atom is 0.0464 e. The highest BCUT2D eigenvalue weighted by atomic mass is 35.5. The van der Waals surface area contributed by atoms with Crippen LogP contribution in [-0.2, 0) is 6.42 Å². The molecule has 2 heteroatoms. The molecule has 0 saturated carbocycles. The molecule has 1 aromatic rings. The smallest absolute Gasteiger partial charge is 0.0464 e. The number of benzene rings is 1. The van der Waals surface area contributed by atoms with Crippen LogP contribution in [0.2, 0.25) is 5.02 Å². The summed E-state index contributed by atoms with van der Waals surface area (Å²) in [4.78, 5) is 0. The molecule has 1 rings (SSSR count). The van der Waals surface area contributed by atoms with Gasteiger partial charge >= 0.3 is 0 Å². The molecule has 0 fully saturated rings. The normalized spacial score (nSPS) is 11.7. The lowest BCUT2D eigenvalue weighted by Crippen LogP contribution is -2.14. The number of hydrogen-bond donors (Lipinski definition) is 1. The van der Waals surface area contributed by atoms with Crippen LogP contribution in [0.4, 0.5) is 0 Å². The second-order valence-electron chi connectivity index (χ2n) is 4.41. The standard InChI is InChI=1S/C13H20ClN.C2H6/c1-9-7-12(6-4-5-11(3)15)8-10(2)13(9)14;1-2/h7-8,11H,4-6,15H2,1-3H3;1-2H3/t11-;/m0./s1. The summed E-state index contributed by atoms with van der Waals surface area (Å²) in [6.45, 7) is 10.2. The fraction of sp³-hybridized carbons (Fsp3) is 0.600. The van der Waals surface area contributed by atoms with Crippen molar-refractivity contribution in [3.63, 3.8) is 0 Å². The van der Waals surface area contributed by atoms with Gasteiger partial charge < -0.3 is 5.73 Å². The van der Waals surface area contributed by atoms with E-state index in [-0.39, 0.29) is 0 Å². The molecule has 0 spiro atoms. The van der Waals surface area contributed by atoms with Gasteiger partial charge in [0.2, 0.25) is 0 Å². The first-order valence-corrected chi connectivity index (χ1v) is 6.89. The fourth-order valence-corrected chi connectivity index (χ4v) is 1.92. The Kier molecular flexibility index (Phi) is 8.28. The molecule has 1 aromatic carbocycles. The average Bonchev–Trinajstić information content (AvgIpc) is 2.28. The molecule has 0 aliphatic heterocycles. The molecule has 98 valence electrons. The molecule has 0 heterocycles. The van der Waals surface area contributed by atoms with Crippen LogP contribution in [-0.4, -0.2) is 6.04 Å². The van der Waals surface area contributed by atoms with Gasteiger partial charge in [-0.05, 0) is 56.7 Å². The van der Waals surface area contributed by atoms with E-state index in [4.69, 9.17) is 17.3 Å². The molecule has 0 aliphatic carbocycles. The number of nitrogens with two attached hydrogens (primary N) is 1. The molecule has 2 N–H and O–H groups in total. The molecular weight excluding hydrogens is 230 g/mol. The summed E-state index contributed by atoms with van der Waals surface area (Å²) >= 11 is 6.11. The van der Waals surface area contributed by atoms with E-state index in [0.717, 1.165) is 24.3 Å². The third-order valence-corrected chi connectivity index (χ3v) is 3.22. The van der Waals surface area contributed by atoms with Crippen molar-refractivity contribution in [1.82, 2.24) is 0 Å². The van der Waals surface area contributed by atoms with E-state index in [9.17, 15) is 0 Å². The van der Waals surface area contributed by atoms with Crippen molar-refractivity contribution in [2.75, 3.05) is 0 Å². The van der Waals surface area contributed by atoms with Crippen molar-refractivity contribution in [3.8, 4) is 0 Å². The quantitative estimate of drug-likeness (QED) is 0.833. The van der Waals surface area contributed by atoms with Gasteiger partial charge in [-0.25, -0.2) is 0 Å². The Morgan fingerprint density at radius 3 is 2.06 bits per heavy atom. The van der Waals surface area contributed by atoms with Gasteiger partial charge in [0.05, 0.1) is 0 Å². The van der Waals surface area contributed by atoms with Gasteiger partial charge in [-0.15, -0.1) is 0 Å². The lowest BCUT2D eigenvalue weighted by Gasteiger charge is -2.08. The fourth-order valence-electron chi connectivity index (χ4n) is 1.81. The molecule has 0 amide bonds. The third-order valence-electron chi connectivity index (χ3n) is 2.62. The molecule has 0 aliphatic rings. The minimum absolute atomic E-state index is 0.305. The zero-order valence-electron chi connectivity index (χ0n) is 11.8. The summed E-state index contributed by atoms with van der Waals surface area (Å²) in [7, 11) is 0. The van der Waals surface area contributed by atoms with Crippen LogP contribution < -0.4 is 5.73 Å². The maximum atomic E-state index is 6.11. The predicted octanol–water partition coefficient (Wildman–Crippen LogP) is 4.65. The summed E-state index contributed by atoms with van der Waals surface area (Å²) in [5, 5.41) is 0.894. The zero-order chi connectivity index (χ0) is 13.4. The van der Waals surface area contributed by atoms with Gasteiger partial charge in [0.25, 0.3) is 0 Å². The molecule has 1 nitrogen and oxygen atoms in total. The first kappa shape index (κ1) is 16.5. The van der Waals surface area contributed by atoms with Crippen molar-refractivity contribution in [1.29, 1.82) is 0 Å². The molecule has 17 heavy (non-hydrogen) atoms. The van der Waals surface area contributed by atoms with Crippen LogP contribution in [0.5, 0.6) is 0 Å². The van der Waals surface area contributed by atoms with Crippen molar-refractivity contribution in [3.05, 3.63) is 33.8 Å². The summed E-state index contributed by atoms with van der Waals surface area (Å²) in [6, 6.07) is 4.66. The average molecular weight is 256 g/mol. The van der Waals surface area contributed by atoms with Crippen molar-refractivity contribution in [2.45, 2.75) is 59.9 Å². The molecule has 0 radical (unpaired) electrons. The van der Waals surface area contributed by atoms with Gasteiger partial charge in [0, 0.05) is 11.1 Å². The van der Waals surface area contributed by atoms with Gasteiger partial charge in [0.1, 0.15) is 0 Å². The highest BCUT2D eigenvalue weighted by Crippen LogP contribution is 2.22. The van der Waals surface area contributed by atoms with E-state index >= 15 is 0 Å². The topological polar surface area (TPSA) is 26.0 Å². The van der Waals surface area contributed by atoms with Crippen molar-refractivity contribution < 1.29 is 0 Å². The Bertz CT molecular complexity index is 309. The van der Waals surface area contributed by atoms with E-state index in [0.29, 0.717) is 6.04 Å². The van der Waals surface area contributed by atoms with Crippen LogP contribution in [0.15, 0.2) is 12.1 Å². The molecule has 0 saturated heterocycles. The van der Waals surface area contributed by atoms with Crippen molar-refractivity contribution >= 4 is 11.6 Å². The van der Waals surface area contributed by atoms with E-state index in [2.05, 4.69) is 32.9 Å². The highest BCUT2D eigenvalue weighted by Gasteiger charge is 2.03. The van der Waals surface area contributed by atoms with E-state index < -0.39 is 0 Å². The van der Waals surface area contributed by atoms with Crippen LogP contribution in [0.1, 0.15) is 50.3 Å². The monoisotopic (exact) mass is 255 g/mol. The van der Waals surface area contributed by atoms with Gasteiger partial charge in [0.15, 0.2) is 0 Å². The number of aryl methyl sites for hydroxylation is 3. The number of rotatable bonds is 4. The second kappa shape index (κ2) is 8.54. The zero-order valence-corrected chi connectivity index (χ0v) is 12.6. The largest absolute Gasteiger partial charge is 0.328 e. The number of halogens is 1. The Labute approximate surface area is 111 Å². The second-order valence-corrected chi connectivity index (χ2v) is 4.79. The van der Waals surface area contributed by atoms with Crippen LogP contribution in [0, 0.1) is 13.8 Å². The summed E-state index contributed by atoms with van der Waals surface area (Å²) < 4.78 is 0. The Balaban J connectivity index is 0.00000121. The minimum Gasteiger partial charge on any atom is -0.328 e. The summed E-state index contributed by atoms with van der Waals surface area (Å²) in [6.07, 6.45) is 3.33. The van der Waals surface area contributed by atoms with E-state index in [1.165, 1.54) is 16.7 Å². The molecule has 0 bridgehead atoms. The summed E-state index contributed by atoms with van der Waals surface area (Å²) in [5.41, 5.74) is 9.44. The van der Waals surface area contributed by atoms with Crippen LogP contribution in [0.25, 0.3) is 0 Å². The first-order chi connectivity index (χ1) is 8.00.